The van der Waals surface area contributed by atoms with Crippen molar-refractivity contribution >= 4 is 5.91 Å². The third-order valence-corrected chi connectivity index (χ3v) is 4.01. The molecule has 0 bridgehead atoms. The van der Waals surface area contributed by atoms with Gasteiger partial charge in [0.25, 0.3) is 5.91 Å². The van der Waals surface area contributed by atoms with Gasteiger partial charge in [-0.2, -0.15) is 5.10 Å². The molecule has 2 N–H and O–H groups in total. The molecular formula is C17H23N3O2. The lowest BCUT2D eigenvalue weighted by Crippen LogP contribution is -2.25. The largest absolute Gasteiger partial charge is 0.378 e. The normalized spacial score (nSPS) is 10.8. The Balaban J connectivity index is 2.12. The van der Waals surface area contributed by atoms with Gasteiger partial charge in [0.1, 0.15) is 0 Å². The van der Waals surface area contributed by atoms with Crippen LogP contribution in [0.25, 0.3) is 0 Å². The summed E-state index contributed by atoms with van der Waals surface area (Å²) >= 11 is 0. The van der Waals surface area contributed by atoms with Crippen molar-refractivity contribution in [3.63, 3.8) is 0 Å². The highest BCUT2D eigenvalue weighted by atomic mass is 16.5. The molecular weight excluding hydrogens is 278 g/mol. The van der Waals surface area contributed by atoms with E-state index in [1.807, 2.05) is 33.8 Å². The van der Waals surface area contributed by atoms with E-state index in [1.54, 1.807) is 7.11 Å². The fraction of sp³-hybridized carbons (Fsp3) is 0.412. The molecule has 0 radical (unpaired) electrons. The van der Waals surface area contributed by atoms with E-state index in [-0.39, 0.29) is 5.91 Å². The highest BCUT2D eigenvalue weighted by molar-refractivity contribution is 5.97. The van der Waals surface area contributed by atoms with Crippen molar-refractivity contribution in [3.8, 4) is 0 Å². The first-order chi connectivity index (χ1) is 10.4. The molecule has 0 saturated carbocycles. The number of carbonyl (C=O) groups is 1. The van der Waals surface area contributed by atoms with Gasteiger partial charge in [-0.3, -0.25) is 9.89 Å². The van der Waals surface area contributed by atoms with Crippen molar-refractivity contribution in [1.82, 2.24) is 15.5 Å². The molecule has 0 saturated heterocycles. The highest BCUT2D eigenvalue weighted by Crippen LogP contribution is 2.21. The van der Waals surface area contributed by atoms with E-state index in [0.29, 0.717) is 13.2 Å². The second-order valence-corrected chi connectivity index (χ2v) is 5.64. The number of ether oxygens (including phenoxy) is 1. The van der Waals surface area contributed by atoms with E-state index < -0.39 is 0 Å². The molecule has 118 valence electrons. The second kappa shape index (κ2) is 6.75. The van der Waals surface area contributed by atoms with Crippen molar-refractivity contribution in [3.05, 3.63) is 51.3 Å². The zero-order chi connectivity index (χ0) is 16.3. The molecule has 1 amide bonds. The van der Waals surface area contributed by atoms with Crippen LogP contribution < -0.4 is 5.32 Å². The molecule has 5 nitrogen and oxygen atoms in total. The Morgan fingerprint density at radius 3 is 2.41 bits per heavy atom. The molecule has 0 unspecified atom stereocenters. The number of rotatable bonds is 5. The number of hydrogen-bond acceptors (Lipinski definition) is 3. The number of amides is 1. The zero-order valence-electron chi connectivity index (χ0n) is 13.8. The van der Waals surface area contributed by atoms with Gasteiger partial charge in [0, 0.05) is 12.7 Å². The van der Waals surface area contributed by atoms with Crippen LogP contribution in [0.5, 0.6) is 0 Å². The molecule has 2 rings (SSSR count). The number of aromatic nitrogens is 2. The van der Waals surface area contributed by atoms with Crippen LogP contribution in [0.3, 0.4) is 0 Å². The molecule has 1 aromatic carbocycles. The molecule has 0 aliphatic heterocycles. The summed E-state index contributed by atoms with van der Waals surface area (Å²) in [4.78, 5) is 12.5. The average molecular weight is 301 g/mol. The van der Waals surface area contributed by atoms with Crippen molar-refractivity contribution in [2.75, 3.05) is 7.11 Å². The standard InChI is InChI=1S/C17H23N3O2/c1-10-6-11(2)13(4)16(12(10)3)17(21)18-8-14-7-15(9-22-5)20-19-14/h6-7H,8-9H2,1-5H3,(H,18,21)(H,19,20). The van der Waals surface area contributed by atoms with Crippen LogP contribution in [0.4, 0.5) is 0 Å². The molecule has 5 heteroatoms. The molecule has 0 spiro atoms. The van der Waals surface area contributed by atoms with E-state index in [2.05, 4.69) is 21.6 Å². The SMILES string of the molecule is COCc1cc(CNC(=O)c2c(C)c(C)cc(C)c2C)[nH]n1. The second-order valence-electron chi connectivity index (χ2n) is 5.64. The van der Waals surface area contributed by atoms with E-state index in [0.717, 1.165) is 39.2 Å². The maximum Gasteiger partial charge on any atom is 0.252 e. The minimum atomic E-state index is -0.0512. The Morgan fingerprint density at radius 1 is 1.18 bits per heavy atom. The summed E-state index contributed by atoms with van der Waals surface area (Å²) < 4.78 is 5.02. The predicted molar refractivity (Wildman–Crippen MR) is 85.9 cm³/mol. The minimum Gasteiger partial charge on any atom is -0.378 e. The first kappa shape index (κ1) is 16.2. The monoisotopic (exact) mass is 301 g/mol. The molecule has 22 heavy (non-hydrogen) atoms. The number of benzene rings is 1. The molecule has 0 atom stereocenters. The lowest BCUT2D eigenvalue weighted by molar-refractivity contribution is 0.0949. The van der Waals surface area contributed by atoms with Gasteiger partial charge in [-0.25, -0.2) is 0 Å². The smallest absolute Gasteiger partial charge is 0.252 e. The predicted octanol–water partition coefficient (Wildman–Crippen LogP) is 2.72. The van der Waals surface area contributed by atoms with Crippen molar-refractivity contribution in [2.45, 2.75) is 40.8 Å². The van der Waals surface area contributed by atoms with Crippen LogP contribution in [-0.2, 0) is 17.9 Å². The van der Waals surface area contributed by atoms with Crippen LogP contribution in [0.1, 0.15) is 44.0 Å². The van der Waals surface area contributed by atoms with Gasteiger partial charge in [0.05, 0.1) is 24.5 Å². The Kier molecular flexibility index (Phi) is 4.98. The van der Waals surface area contributed by atoms with Gasteiger partial charge in [0.2, 0.25) is 0 Å². The van der Waals surface area contributed by atoms with Crippen molar-refractivity contribution in [2.24, 2.45) is 0 Å². The molecule has 1 heterocycles. The van der Waals surface area contributed by atoms with E-state index in [9.17, 15) is 4.79 Å². The molecule has 0 fully saturated rings. The van der Waals surface area contributed by atoms with Gasteiger partial charge in [-0.15, -0.1) is 0 Å². The third-order valence-electron chi connectivity index (χ3n) is 4.01. The highest BCUT2D eigenvalue weighted by Gasteiger charge is 2.15. The number of nitrogens with one attached hydrogen (secondary N) is 2. The molecule has 0 aliphatic rings. The van der Waals surface area contributed by atoms with Crippen LogP contribution in [0.2, 0.25) is 0 Å². The number of hydrogen-bond donors (Lipinski definition) is 2. The first-order valence-electron chi connectivity index (χ1n) is 7.31. The zero-order valence-corrected chi connectivity index (χ0v) is 13.8. The van der Waals surface area contributed by atoms with E-state index in [4.69, 9.17) is 4.74 Å². The lowest BCUT2D eigenvalue weighted by Gasteiger charge is -2.14. The summed E-state index contributed by atoms with van der Waals surface area (Å²) in [5, 5.41) is 9.98. The summed E-state index contributed by atoms with van der Waals surface area (Å²) in [6, 6.07) is 4.01. The maximum atomic E-state index is 12.5. The number of nitrogens with zero attached hydrogens (tertiary/aromatic N) is 1. The summed E-state index contributed by atoms with van der Waals surface area (Å²) in [5.74, 6) is -0.0512. The van der Waals surface area contributed by atoms with Crippen molar-refractivity contribution in [1.29, 1.82) is 0 Å². The number of aryl methyl sites for hydroxylation is 2. The van der Waals surface area contributed by atoms with E-state index in [1.165, 1.54) is 0 Å². The number of methoxy groups -OCH3 is 1. The Morgan fingerprint density at radius 2 is 1.82 bits per heavy atom. The van der Waals surface area contributed by atoms with Gasteiger partial charge >= 0.3 is 0 Å². The van der Waals surface area contributed by atoms with Gasteiger partial charge < -0.3 is 10.1 Å². The molecule has 2 aromatic rings. The lowest BCUT2D eigenvalue weighted by atomic mass is 9.94. The fourth-order valence-corrected chi connectivity index (χ4v) is 2.54. The van der Waals surface area contributed by atoms with Gasteiger partial charge in [-0.1, -0.05) is 6.07 Å². The Hall–Kier alpha value is -2.14. The van der Waals surface area contributed by atoms with Crippen molar-refractivity contribution < 1.29 is 9.53 Å². The summed E-state index contributed by atoms with van der Waals surface area (Å²) in [7, 11) is 1.63. The topological polar surface area (TPSA) is 67.0 Å². The van der Waals surface area contributed by atoms with Crippen LogP contribution in [0.15, 0.2) is 12.1 Å². The maximum absolute atomic E-state index is 12.5. The number of carbonyl (C=O) groups excluding carboxylic acids is 1. The summed E-state index contributed by atoms with van der Waals surface area (Å²) in [6.07, 6.45) is 0. The van der Waals surface area contributed by atoms with Gasteiger partial charge in [0.15, 0.2) is 0 Å². The molecule has 1 aromatic heterocycles. The number of H-pyrrole nitrogens is 1. The summed E-state index contributed by atoms with van der Waals surface area (Å²) in [6.45, 7) is 8.92. The third kappa shape index (κ3) is 3.36. The average Bonchev–Trinajstić information content (AvgIpc) is 2.91. The fourth-order valence-electron chi connectivity index (χ4n) is 2.54. The summed E-state index contributed by atoms with van der Waals surface area (Å²) in [5.41, 5.74) is 6.80. The van der Waals surface area contributed by atoms with Crippen LogP contribution in [-0.4, -0.2) is 23.2 Å². The minimum absolute atomic E-state index is 0.0512. The Bertz CT molecular complexity index is 663. The first-order valence-corrected chi connectivity index (χ1v) is 7.31. The van der Waals surface area contributed by atoms with Gasteiger partial charge in [-0.05, 0) is 56.0 Å². The Labute approximate surface area is 131 Å². The van der Waals surface area contributed by atoms with E-state index >= 15 is 0 Å². The number of aromatic amines is 1. The molecule has 0 aliphatic carbocycles. The van der Waals surface area contributed by atoms with Crippen LogP contribution >= 0.6 is 0 Å². The quantitative estimate of drug-likeness (QED) is 0.892. The van der Waals surface area contributed by atoms with Crippen LogP contribution in [0, 0.1) is 27.7 Å².